The van der Waals surface area contributed by atoms with E-state index < -0.39 is 0 Å². The van der Waals surface area contributed by atoms with E-state index in [0.29, 0.717) is 17.6 Å². The number of fused-ring (bicyclic) bond motifs is 10. The van der Waals surface area contributed by atoms with Crippen molar-refractivity contribution in [3.8, 4) is 34.4 Å². The van der Waals surface area contributed by atoms with Crippen LogP contribution in [0.4, 0.5) is 0 Å². The Morgan fingerprint density at radius 2 is 0.961 bits per heavy atom. The van der Waals surface area contributed by atoms with Crippen LogP contribution in [0.15, 0.2) is 164 Å². The molecule has 0 radical (unpaired) electrons. The van der Waals surface area contributed by atoms with Gasteiger partial charge in [-0.15, -0.1) is 11.3 Å². The molecular formula is C45H27N5S. The Balaban J connectivity index is 1.28. The molecule has 11 rings (SSSR count). The van der Waals surface area contributed by atoms with Crippen molar-refractivity contribution >= 4 is 75.1 Å². The molecule has 4 heterocycles. The van der Waals surface area contributed by atoms with E-state index in [1.165, 1.54) is 42.0 Å². The van der Waals surface area contributed by atoms with Crippen molar-refractivity contribution in [1.29, 1.82) is 0 Å². The van der Waals surface area contributed by atoms with Crippen molar-refractivity contribution in [2.75, 3.05) is 0 Å². The number of hydrogen-bond acceptors (Lipinski definition) is 4. The van der Waals surface area contributed by atoms with Gasteiger partial charge in [-0.05, 0) is 42.5 Å². The molecule has 7 aromatic carbocycles. The van der Waals surface area contributed by atoms with Crippen LogP contribution in [-0.4, -0.2) is 24.1 Å². The van der Waals surface area contributed by atoms with Gasteiger partial charge >= 0.3 is 0 Å². The minimum Gasteiger partial charge on any atom is -0.309 e. The molecular weight excluding hydrogens is 643 g/mol. The second-order valence-corrected chi connectivity index (χ2v) is 13.9. The van der Waals surface area contributed by atoms with E-state index in [0.717, 1.165) is 38.6 Å². The molecule has 0 unspecified atom stereocenters. The van der Waals surface area contributed by atoms with Crippen LogP contribution in [0.3, 0.4) is 0 Å². The van der Waals surface area contributed by atoms with Gasteiger partial charge in [0.1, 0.15) is 0 Å². The molecule has 0 bridgehead atoms. The summed E-state index contributed by atoms with van der Waals surface area (Å²) in [5.41, 5.74) is 7.51. The predicted octanol–water partition coefficient (Wildman–Crippen LogP) is 11.8. The molecule has 0 saturated heterocycles. The average Bonchev–Trinajstić information content (AvgIpc) is 3.86. The van der Waals surface area contributed by atoms with Crippen LogP contribution >= 0.6 is 11.3 Å². The van der Waals surface area contributed by atoms with E-state index >= 15 is 0 Å². The molecule has 51 heavy (non-hydrogen) atoms. The molecule has 238 valence electrons. The van der Waals surface area contributed by atoms with Gasteiger partial charge in [0.05, 0.1) is 22.1 Å². The maximum atomic E-state index is 5.24. The number of nitrogens with zero attached hydrogens (tertiary/aromatic N) is 5. The SMILES string of the molecule is c1ccc(-c2nc(-c3ccccc3)nc(-n3c4ccc(-n5c6ccccc6c6ccccc65)cc4c4ccc5sc6ccccc6c5c43)n2)cc1. The molecule has 0 aliphatic heterocycles. The summed E-state index contributed by atoms with van der Waals surface area (Å²) in [4.78, 5) is 15.5. The lowest BCUT2D eigenvalue weighted by atomic mass is 10.1. The fourth-order valence-corrected chi connectivity index (χ4v) is 8.86. The van der Waals surface area contributed by atoms with Crippen LogP contribution in [-0.2, 0) is 0 Å². The van der Waals surface area contributed by atoms with Crippen LogP contribution < -0.4 is 0 Å². The molecule has 11 aromatic rings. The highest BCUT2D eigenvalue weighted by molar-refractivity contribution is 7.26. The van der Waals surface area contributed by atoms with E-state index in [4.69, 9.17) is 15.0 Å². The maximum Gasteiger partial charge on any atom is 0.238 e. The van der Waals surface area contributed by atoms with Gasteiger partial charge in [-0.2, -0.15) is 9.97 Å². The first-order valence-electron chi connectivity index (χ1n) is 17.0. The monoisotopic (exact) mass is 669 g/mol. The molecule has 0 aliphatic carbocycles. The summed E-state index contributed by atoms with van der Waals surface area (Å²) in [5.74, 6) is 1.87. The first-order chi connectivity index (χ1) is 25.3. The summed E-state index contributed by atoms with van der Waals surface area (Å²) in [5, 5.41) is 7.24. The van der Waals surface area contributed by atoms with E-state index in [-0.39, 0.29) is 0 Å². The Morgan fingerprint density at radius 3 is 1.63 bits per heavy atom. The fourth-order valence-electron chi connectivity index (χ4n) is 7.75. The quantitative estimate of drug-likeness (QED) is 0.187. The molecule has 0 fully saturated rings. The lowest BCUT2D eigenvalue weighted by Gasteiger charge is -2.12. The zero-order valence-electron chi connectivity index (χ0n) is 27.2. The Labute approximate surface area is 296 Å². The summed E-state index contributed by atoms with van der Waals surface area (Å²) < 4.78 is 7.14. The predicted molar refractivity (Wildman–Crippen MR) is 212 cm³/mol. The van der Waals surface area contributed by atoms with Crippen molar-refractivity contribution in [3.05, 3.63) is 164 Å². The number of aromatic nitrogens is 5. The smallest absolute Gasteiger partial charge is 0.238 e. The lowest BCUT2D eigenvalue weighted by molar-refractivity contribution is 0.955. The second-order valence-electron chi connectivity index (χ2n) is 12.9. The number of rotatable bonds is 4. The minimum atomic E-state index is 0.593. The summed E-state index contributed by atoms with van der Waals surface area (Å²) in [6.07, 6.45) is 0. The number of hydrogen-bond donors (Lipinski definition) is 0. The van der Waals surface area contributed by atoms with E-state index in [2.05, 4.69) is 137 Å². The third-order valence-electron chi connectivity index (χ3n) is 9.98. The summed E-state index contributed by atoms with van der Waals surface area (Å²) in [6.45, 7) is 0. The topological polar surface area (TPSA) is 48.5 Å². The van der Waals surface area contributed by atoms with Crippen LogP contribution in [0.25, 0.3) is 98.2 Å². The standard InChI is InChI=1S/C45H27N5S/c1-3-13-28(14-4-1)43-46-44(29-15-5-2-6-16-29)48-45(47-43)50-38-25-23-30(49-36-20-10-7-17-31(36)32-18-8-11-21-37(32)49)27-35(38)33-24-26-40-41(42(33)50)34-19-9-12-22-39(34)51-40/h1-27H. The molecule has 5 nitrogen and oxygen atoms in total. The van der Waals surface area contributed by atoms with E-state index in [1.54, 1.807) is 0 Å². The molecule has 6 heteroatoms. The van der Waals surface area contributed by atoms with Crippen LogP contribution in [0, 0.1) is 0 Å². The Bertz CT molecular complexity index is 3030. The van der Waals surface area contributed by atoms with Gasteiger partial charge in [-0.1, -0.05) is 121 Å². The average molecular weight is 670 g/mol. The number of para-hydroxylation sites is 2. The molecule has 0 amide bonds. The van der Waals surface area contributed by atoms with Gasteiger partial charge < -0.3 is 4.57 Å². The molecule has 0 spiro atoms. The third kappa shape index (κ3) is 4.24. The normalized spacial score (nSPS) is 11.9. The van der Waals surface area contributed by atoms with E-state index in [9.17, 15) is 0 Å². The zero-order chi connectivity index (χ0) is 33.5. The van der Waals surface area contributed by atoms with E-state index in [1.807, 2.05) is 47.7 Å². The molecule has 4 aromatic heterocycles. The highest BCUT2D eigenvalue weighted by Gasteiger charge is 2.22. The first kappa shape index (κ1) is 28.2. The molecule has 0 aliphatic rings. The highest BCUT2D eigenvalue weighted by atomic mass is 32.1. The Hall–Kier alpha value is -6.63. The number of benzene rings is 7. The Morgan fingerprint density at radius 1 is 0.392 bits per heavy atom. The molecule has 0 N–H and O–H groups in total. The van der Waals surface area contributed by atoms with Crippen molar-refractivity contribution in [1.82, 2.24) is 24.1 Å². The Kier molecular flexibility index (Phi) is 6.05. The lowest BCUT2D eigenvalue weighted by Crippen LogP contribution is -2.06. The van der Waals surface area contributed by atoms with Gasteiger partial charge in [0.15, 0.2) is 11.6 Å². The van der Waals surface area contributed by atoms with Crippen molar-refractivity contribution < 1.29 is 0 Å². The van der Waals surface area contributed by atoms with Gasteiger partial charge in [-0.25, -0.2) is 4.98 Å². The fraction of sp³-hybridized carbons (Fsp3) is 0. The van der Waals surface area contributed by atoms with Crippen molar-refractivity contribution in [3.63, 3.8) is 0 Å². The number of thiophene rings is 1. The van der Waals surface area contributed by atoms with Crippen LogP contribution in [0.5, 0.6) is 0 Å². The highest BCUT2D eigenvalue weighted by Crippen LogP contribution is 2.44. The second kappa shape index (κ2) is 10.9. The van der Waals surface area contributed by atoms with Gasteiger partial charge in [0.2, 0.25) is 5.95 Å². The summed E-state index contributed by atoms with van der Waals surface area (Å²) >= 11 is 1.82. The van der Waals surface area contributed by atoms with Gasteiger partial charge in [0.25, 0.3) is 0 Å². The largest absolute Gasteiger partial charge is 0.309 e. The van der Waals surface area contributed by atoms with Crippen LogP contribution in [0.2, 0.25) is 0 Å². The third-order valence-corrected chi connectivity index (χ3v) is 11.1. The van der Waals surface area contributed by atoms with Gasteiger partial charge in [-0.3, -0.25) is 4.57 Å². The van der Waals surface area contributed by atoms with Crippen molar-refractivity contribution in [2.24, 2.45) is 0 Å². The molecule has 0 saturated carbocycles. The molecule has 0 atom stereocenters. The van der Waals surface area contributed by atoms with Gasteiger partial charge in [0, 0.05) is 58.5 Å². The first-order valence-corrected chi connectivity index (χ1v) is 17.9. The maximum absolute atomic E-state index is 5.24. The van der Waals surface area contributed by atoms with Crippen molar-refractivity contribution in [2.45, 2.75) is 0 Å². The summed E-state index contributed by atoms with van der Waals surface area (Å²) in [6, 6.07) is 57.8. The minimum absolute atomic E-state index is 0.593. The summed E-state index contributed by atoms with van der Waals surface area (Å²) in [7, 11) is 0. The van der Waals surface area contributed by atoms with Crippen LogP contribution in [0.1, 0.15) is 0 Å². The zero-order valence-corrected chi connectivity index (χ0v) is 28.0.